The van der Waals surface area contributed by atoms with Crippen molar-refractivity contribution in [1.82, 2.24) is 5.32 Å². The predicted octanol–water partition coefficient (Wildman–Crippen LogP) is 4.88. The third kappa shape index (κ3) is 5.11. The first-order chi connectivity index (χ1) is 8.41. The van der Waals surface area contributed by atoms with E-state index in [2.05, 4.69) is 56.8 Å². The summed E-state index contributed by atoms with van der Waals surface area (Å²) in [5, 5.41) is 8.17. The van der Waals surface area contributed by atoms with Crippen LogP contribution in [0.15, 0.2) is 16.8 Å². The molecule has 2 heteroatoms. The van der Waals surface area contributed by atoms with Crippen LogP contribution in [0, 0.1) is 5.41 Å². The molecule has 104 valence electrons. The maximum atomic E-state index is 3.70. The van der Waals surface area contributed by atoms with Crippen LogP contribution in [-0.4, -0.2) is 12.1 Å². The smallest absolute Gasteiger partial charge is 0.00967 e. The van der Waals surface area contributed by atoms with Gasteiger partial charge in [0.2, 0.25) is 0 Å². The Balaban J connectivity index is 2.56. The zero-order valence-electron chi connectivity index (χ0n) is 12.7. The quantitative estimate of drug-likeness (QED) is 0.743. The lowest BCUT2D eigenvalue weighted by molar-refractivity contribution is 0.205. The van der Waals surface area contributed by atoms with Crippen molar-refractivity contribution in [1.29, 1.82) is 0 Å². The second-order valence-electron chi connectivity index (χ2n) is 6.44. The van der Waals surface area contributed by atoms with Gasteiger partial charge in [-0.05, 0) is 74.3 Å². The second-order valence-corrected chi connectivity index (χ2v) is 7.22. The van der Waals surface area contributed by atoms with Crippen molar-refractivity contribution in [2.75, 3.05) is 6.54 Å². The van der Waals surface area contributed by atoms with E-state index < -0.39 is 0 Å². The van der Waals surface area contributed by atoms with Crippen molar-refractivity contribution in [2.24, 2.45) is 5.41 Å². The Morgan fingerprint density at radius 2 is 1.83 bits per heavy atom. The number of thiophene rings is 1. The Kier molecular flexibility index (Phi) is 5.87. The molecule has 0 aromatic carbocycles. The fourth-order valence-electron chi connectivity index (χ4n) is 2.24. The number of hydrogen-bond donors (Lipinski definition) is 1. The van der Waals surface area contributed by atoms with Crippen molar-refractivity contribution in [3.8, 4) is 0 Å². The van der Waals surface area contributed by atoms with Gasteiger partial charge in [0.25, 0.3) is 0 Å². The lowest BCUT2D eigenvalue weighted by Gasteiger charge is -2.35. The fourth-order valence-corrected chi connectivity index (χ4v) is 2.94. The molecular weight excluding hydrogens is 238 g/mol. The fraction of sp³-hybridized carbons (Fsp3) is 0.750. The van der Waals surface area contributed by atoms with Gasteiger partial charge in [0.05, 0.1) is 0 Å². The van der Waals surface area contributed by atoms with E-state index in [9.17, 15) is 0 Å². The molecule has 0 unspecified atom stereocenters. The number of rotatable bonds is 7. The average molecular weight is 267 g/mol. The zero-order valence-corrected chi connectivity index (χ0v) is 13.5. The largest absolute Gasteiger partial charge is 0.312 e. The van der Waals surface area contributed by atoms with Gasteiger partial charge in [-0.15, -0.1) is 0 Å². The molecule has 0 aliphatic rings. The zero-order chi connectivity index (χ0) is 13.6. The highest BCUT2D eigenvalue weighted by Crippen LogP contribution is 2.32. The molecule has 0 atom stereocenters. The second kappa shape index (κ2) is 6.72. The molecule has 0 aliphatic heterocycles. The molecule has 18 heavy (non-hydrogen) atoms. The minimum atomic E-state index is 0.220. The van der Waals surface area contributed by atoms with Crippen molar-refractivity contribution >= 4 is 11.3 Å². The highest BCUT2D eigenvalue weighted by atomic mass is 32.1. The van der Waals surface area contributed by atoms with E-state index in [4.69, 9.17) is 0 Å². The molecule has 1 heterocycles. The summed E-state index contributed by atoms with van der Waals surface area (Å²) in [6.45, 7) is 12.6. The van der Waals surface area contributed by atoms with E-state index in [1.165, 1.54) is 31.2 Å². The van der Waals surface area contributed by atoms with Crippen LogP contribution >= 0.6 is 11.3 Å². The summed E-state index contributed by atoms with van der Waals surface area (Å²) < 4.78 is 0. The van der Waals surface area contributed by atoms with Crippen LogP contribution in [0.4, 0.5) is 0 Å². The summed E-state index contributed by atoms with van der Waals surface area (Å²) in [5.74, 6) is 0. The molecule has 0 aliphatic carbocycles. The lowest BCUT2D eigenvalue weighted by atomic mass is 9.77. The molecule has 1 nitrogen and oxygen atoms in total. The summed E-state index contributed by atoms with van der Waals surface area (Å²) in [7, 11) is 0. The van der Waals surface area contributed by atoms with Crippen molar-refractivity contribution in [3.63, 3.8) is 0 Å². The normalized spacial score (nSPS) is 12.9. The van der Waals surface area contributed by atoms with Crippen LogP contribution < -0.4 is 5.32 Å². The summed E-state index contributed by atoms with van der Waals surface area (Å²) >= 11 is 1.81. The van der Waals surface area contributed by atoms with Crippen molar-refractivity contribution in [2.45, 2.75) is 65.8 Å². The third-order valence-electron chi connectivity index (χ3n) is 4.02. The van der Waals surface area contributed by atoms with E-state index in [1.807, 2.05) is 11.3 Å². The Labute approximate surface area is 117 Å². The molecule has 1 aromatic heterocycles. The van der Waals surface area contributed by atoms with Gasteiger partial charge in [-0.25, -0.2) is 0 Å². The maximum absolute atomic E-state index is 3.70. The highest BCUT2D eigenvalue weighted by molar-refractivity contribution is 7.07. The molecule has 0 saturated carbocycles. The van der Waals surface area contributed by atoms with E-state index in [1.54, 1.807) is 0 Å². The topological polar surface area (TPSA) is 12.0 Å². The molecule has 0 amide bonds. The van der Waals surface area contributed by atoms with Gasteiger partial charge in [-0.3, -0.25) is 0 Å². The van der Waals surface area contributed by atoms with E-state index in [0.29, 0.717) is 5.41 Å². The minimum Gasteiger partial charge on any atom is -0.312 e. The SMILES string of the molecule is CCC(CC)(CCc1ccsc1)CNC(C)(C)C. The van der Waals surface area contributed by atoms with E-state index in [-0.39, 0.29) is 5.54 Å². The van der Waals surface area contributed by atoms with Gasteiger partial charge in [-0.1, -0.05) is 13.8 Å². The van der Waals surface area contributed by atoms with Crippen LogP contribution in [0.5, 0.6) is 0 Å². The van der Waals surface area contributed by atoms with Crippen molar-refractivity contribution < 1.29 is 0 Å². The highest BCUT2D eigenvalue weighted by Gasteiger charge is 2.27. The van der Waals surface area contributed by atoms with Crippen LogP contribution in [0.25, 0.3) is 0 Å². The molecule has 0 bridgehead atoms. The Morgan fingerprint density at radius 3 is 2.28 bits per heavy atom. The predicted molar refractivity (Wildman–Crippen MR) is 83.4 cm³/mol. The Morgan fingerprint density at radius 1 is 1.17 bits per heavy atom. The average Bonchev–Trinajstić information content (AvgIpc) is 2.82. The summed E-state index contributed by atoms with van der Waals surface area (Å²) in [6.07, 6.45) is 5.03. The molecular formula is C16H29NS. The first-order valence-electron chi connectivity index (χ1n) is 7.17. The number of aryl methyl sites for hydroxylation is 1. The summed E-state index contributed by atoms with van der Waals surface area (Å²) in [6, 6.07) is 2.26. The molecule has 0 radical (unpaired) electrons. The van der Waals surface area contributed by atoms with Gasteiger partial charge in [0.15, 0.2) is 0 Å². The third-order valence-corrected chi connectivity index (χ3v) is 4.75. The van der Waals surface area contributed by atoms with Gasteiger partial charge in [0, 0.05) is 12.1 Å². The van der Waals surface area contributed by atoms with Gasteiger partial charge < -0.3 is 5.32 Å². The molecule has 1 aromatic rings. The standard InChI is InChI=1S/C16H29NS/c1-6-16(7-2,13-17-15(3,4)5)10-8-14-9-11-18-12-14/h9,11-12,17H,6-8,10,13H2,1-5H3. The van der Waals surface area contributed by atoms with Gasteiger partial charge in [-0.2, -0.15) is 11.3 Å². The summed E-state index contributed by atoms with van der Waals surface area (Å²) in [5.41, 5.74) is 2.18. The Bertz CT molecular complexity index is 317. The monoisotopic (exact) mass is 267 g/mol. The van der Waals surface area contributed by atoms with Crippen molar-refractivity contribution in [3.05, 3.63) is 22.4 Å². The molecule has 0 spiro atoms. The van der Waals surface area contributed by atoms with Crippen LogP contribution in [-0.2, 0) is 6.42 Å². The van der Waals surface area contributed by atoms with Gasteiger partial charge in [0.1, 0.15) is 0 Å². The lowest BCUT2D eigenvalue weighted by Crippen LogP contribution is -2.43. The molecule has 0 saturated heterocycles. The molecule has 0 fully saturated rings. The van der Waals surface area contributed by atoms with E-state index in [0.717, 1.165) is 6.54 Å². The summed E-state index contributed by atoms with van der Waals surface area (Å²) in [4.78, 5) is 0. The minimum absolute atomic E-state index is 0.220. The molecule has 1 rings (SSSR count). The van der Waals surface area contributed by atoms with Gasteiger partial charge >= 0.3 is 0 Å². The number of hydrogen-bond acceptors (Lipinski definition) is 2. The van der Waals surface area contributed by atoms with Crippen LogP contribution in [0.2, 0.25) is 0 Å². The van der Waals surface area contributed by atoms with E-state index >= 15 is 0 Å². The first-order valence-corrected chi connectivity index (χ1v) is 8.11. The number of nitrogens with one attached hydrogen (secondary N) is 1. The molecule has 1 N–H and O–H groups in total. The van der Waals surface area contributed by atoms with Crippen LogP contribution in [0.1, 0.15) is 59.4 Å². The van der Waals surface area contributed by atoms with Crippen LogP contribution in [0.3, 0.4) is 0 Å². The maximum Gasteiger partial charge on any atom is 0.00967 e. The Hall–Kier alpha value is -0.340. The first kappa shape index (κ1) is 15.7.